The highest BCUT2D eigenvalue weighted by Crippen LogP contribution is 2.37. The van der Waals surface area contributed by atoms with Crippen LogP contribution in [0.1, 0.15) is 9.67 Å². The fourth-order valence-corrected chi connectivity index (χ4v) is 5.49. The zero-order chi connectivity index (χ0) is 20.5. The third-order valence-corrected chi connectivity index (χ3v) is 7.50. The van der Waals surface area contributed by atoms with E-state index in [4.69, 9.17) is 35.4 Å². The maximum Gasteiger partial charge on any atom is 0.265 e. The predicted molar refractivity (Wildman–Crippen MR) is 130 cm³/mol. The number of carbonyl (C=O) groups excluding carboxylic acids is 1. The van der Waals surface area contributed by atoms with E-state index >= 15 is 0 Å². The minimum atomic E-state index is -0.0428. The fourth-order valence-electron chi connectivity index (χ4n) is 3.17. The Morgan fingerprint density at radius 2 is 1.69 bits per heavy atom. The van der Waals surface area contributed by atoms with Crippen molar-refractivity contribution in [1.29, 1.82) is 0 Å². The van der Waals surface area contributed by atoms with Gasteiger partial charge < -0.3 is 15.1 Å². The first-order valence-corrected chi connectivity index (χ1v) is 11.7. The van der Waals surface area contributed by atoms with E-state index in [0.29, 0.717) is 46.2 Å². The number of thiophene rings is 1. The molecule has 0 aliphatic carbocycles. The molecule has 1 N–H and O–H groups in total. The van der Waals surface area contributed by atoms with Crippen molar-refractivity contribution in [3.8, 4) is 0 Å². The number of nitrogens with one attached hydrogen (secondary N) is 1. The average molecular weight is 529 g/mol. The van der Waals surface area contributed by atoms with Crippen molar-refractivity contribution in [2.45, 2.75) is 0 Å². The first-order chi connectivity index (χ1) is 13.9. The molecule has 150 valence electrons. The molecular formula is C20H16BrCl2N3OS2. The van der Waals surface area contributed by atoms with Gasteiger partial charge in [0.2, 0.25) is 0 Å². The Morgan fingerprint density at radius 1 is 1.03 bits per heavy atom. The van der Waals surface area contributed by atoms with Crippen LogP contribution in [-0.2, 0) is 0 Å². The Kier molecular flexibility index (Phi) is 6.32. The lowest BCUT2D eigenvalue weighted by atomic mass is 10.2. The van der Waals surface area contributed by atoms with Crippen LogP contribution in [0, 0.1) is 0 Å². The van der Waals surface area contributed by atoms with E-state index in [1.807, 2.05) is 41.3 Å². The zero-order valence-electron chi connectivity index (χ0n) is 15.1. The summed E-state index contributed by atoms with van der Waals surface area (Å²) in [5.41, 5.74) is 0.937. The maximum atomic E-state index is 13.0. The van der Waals surface area contributed by atoms with Gasteiger partial charge >= 0.3 is 0 Å². The quantitative estimate of drug-likeness (QED) is 0.406. The summed E-state index contributed by atoms with van der Waals surface area (Å²) >= 11 is 22.9. The molecule has 1 fully saturated rings. The molecule has 29 heavy (non-hydrogen) atoms. The highest BCUT2D eigenvalue weighted by atomic mass is 79.9. The van der Waals surface area contributed by atoms with Crippen molar-refractivity contribution in [1.82, 2.24) is 9.80 Å². The van der Waals surface area contributed by atoms with Crippen LogP contribution >= 0.6 is 62.7 Å². The maximum absolute atomic E-state index is 13.0. The van der Waals surface area contributed by atoms with Crippen molar-refractivity contribution >= 4 is 89.5 Å². The zero-order valence-corrected chi connectivity index (χ0v) is 19.9. The number of hydrogen-bond donors (Lipinski definition) is 1. The lowest BCUT2D eigenvalue weighted by molar-refractivity contribution is 0.0698. The van der Waals surface area contributed by atoms with E-state index in [-0.39, 0.29) is 5.91 Å². The van der Waals surface area contributed by atoms with Crippen molar-refractivity contribution in [2.75, 3.05) is 31.5 Å². The van der Waals surface area contributed by atoms with Gasteiger partial charge in [0.1, 0.15) is 4.88 Å². The number of rotatable bonds is 2. The molecule has 1 aromatic heterocycles. The van der Waals surface area contributed by atoms with Crippen LogP contribution in [0.5, 0.6) is 0 Å². The largest absolute Gasteiger partial charge is 0.345 e. The third kappa shape index (κ3) is 4.54. The van der Waals surface area contributed by atoms with E-state index in [2.05, 4.69) is 26.1 Å². The molecule has 0 saturated carbocycles. The second-order valence-electron chi connectivity index (χ2n) is 6.60. The summed E-state index contributed by atoms with van der Waals surface area (Å²) in [5, 5.41) is 5.91. The molecule has 1 amide bonds. The van der Waals surface area contributed by atoms with Gasteiger partial charge in [0.25, 0.3) is 5.91 Å². The molecule has 3 aromatic rings. The van der Waals surface area contributed by atoms with Crippen LogP contribution in [0.4, 0.5) is 5.69 Å². The van der Waals surface area contributed by atoms with Gasteiger partial charge in [0.15, 0.2) is 5.11 Å². The van der Waals surface area contributed by atoms with E-state index in [0.717, 1.165) is 20.2 Å². The van der Waals surface area contributed by atoms with E-state index in [9.17, 15) is 4.79 Å². The Morgan fingerprint density at radius 3 is 2.38 bits per heavy atom. The molecule has 9 heteroatoms. The van der Waals surface area contributed by atoms with Gasteiger partial charge in [-0.1, -0.05) is 45.2 Å². The number of thiocarbonyl (C=S) groups is 1. The normalized spacial score (nSPS) is 14.3. The first-order valence-electron chi connectivity index (χ1n) is 8.90. The second-order valence-corrected chi connectivity index (χ2v) is 9.77. The molecule has 4 rings (SSSR count). The molecule has 0 spiro atoms. The third-order valence-electron chi connectivity index (χ3n) is 4.74. The van der Waals surface area contributed by atoms with Crippen LogP contribution in [0.2, 0.25) is 10.0 Å². The van der Waals surface area contributed by atoms with Crippen LogP contribution in [0.25, 0.3) is 10.1 Å². The van der Waals surface area contributed by atoms with Gasteiger partial charge in [-0.15, -0.1) is 11.3 Å². The monoisotopic (exact) mass is 527 g/mol. The molecule has 1 aliphatic heterocycles. The summed E-state index contributed by atoms with van der Waals surface area (Å²) in [6, 6.07) is 13.3. The molecule has 0 unspecified atom stereocenters. The Hall–Kier alpha value is -1.38. The summed E-state index contributed by atoms with van der Waals surface area (Å²) < 4.78 is 1.94. The summed E-state index contributed by atoms with van der Waals surface area (Å²) in [4.78, 5) is 17.5. The molecule has 0 bridgehead atoms. The number of nitrogens with zero attached hydrogens (tertiary/aromatic N) is 2. The number of benzene rings is 2. The van der Waals surface area contributed by atoms with Crippen LogP contribution < -0.4 is 5.32 Å². The van der Waals surface area contributed by atoms with Crippen LogP contribution in [-0.4, -0.2) is 47.0 Å². The molecule has 2 heterocycles. The second kappa shape index (κ2) is 8.78. The molecule has 1 saturated heterocycles. The number of hydrogen-bond acceptors (Lipinski definition) is 3. The molecule has 0 radical (unpaired) electrons. The lowest BCUT2D eigenvalue weighted by Gasteiger charge is -2.36. The summed E-state index contributed by atoms with van der Waals surface area (Å²) in [6.45, 7) is 2.52. The highest BCUT2D eigenvalue weighted by Gasteiger charge is 2.27. The minimum absolute atomic E-state index is 0.0428. The van der Waals surface area contributed by atoms with Gasteiger partial charge in [-0.25, -0.2) is 0 Å². The minimum Gasteiger partial charge on any atom is -0.345 e. The molecule has 0 atom stereocenters. The van der Waals surface area contributed by atoms with Crippen LogP contribution in [0.3, 0.4) is 0 Å². The first kappa shape index (κ1) is 20.9. The van der Waals surface area contributed by atoms with Gasteiger partial charge in [-0.2, -0.15) is 0 Å². The van der Waals surface area contributed by atoms with Crippen molar-refractivity contribution in [2.24, 2.45) is 0 Å². The van der Waals surface area contributed by atoms with Gasteiger partial charge in [0, 0.05) is 51.4 Å². The number of anilines is 1. The number of halogens is 3. The Bertz CT molecular complexity index is 1080. The van der Waals surface area contributed by atoms with Crippen molar-refractivity contribution in [3.63, 3.8) is 0 Å². The molecule has 1 aliphatic rings. The van der Waals surface area contributed by atoms with E-state index in [1.165, 1.54) is 11.3 Å². The van der Waals surface area contributed by atoms with Gasteiger partial charge in [-0.3, -0.25) is 4.79 Å². The molecular weight excluding hydrogens is 513 g/mol. The summed E-state index contributed by atoms with van der Waals surface area (Å²) in [5.74, 6) is -0.0428. The molecule has 4 nitrogen and oxygen atoms in total. The highest BCUT2D eigenvalue weighted by molar-refractivity contribution is 9.10. The SMILES string of the molecule is O=C(c1sc2cc(Cl)ccc2c1Cl)N1CCN(C(=S)Nc2ccc(Br)cc2)CC1. The van der Waals surface area contributed by atoms with Crippen LogP contribution in [0.15, 0.2) is 46.9 Å². The number of piperazine rings is 1. The Balaban J connectivity index is 1.40. The topological polar surface area (TPSA) is 35.6 Å². The fraction of sp³-hybridized carbons (Fsp3) is 0.200. The van der Waals surface area contributed by atoms with Crippen molar-refractivity contribution < 1.29 is 4.79 Å². The number of fused-ring (bicyclic) bond motifs is 1. The Labute approximate surface area is 196 Å². The van der Waals surface area contributed by atoms with Gasteiger partial charge in [0.05, 0.1) is 5.02 Å². The van der Waals surface area contributed by atoms with Crippen molar-refractivity contribution in [3.05, 3.63) is 61.9 Å². The smallest absolute Gasteiger partial charge is 0.265 e. The lowest BCUT2D eigenvalue weighted by Crippen LogP contribution is -2.51. The molecule has 2 aromatic carbocycles. The standard InChI is InChI=1S/C20H16BrCl2N3OS2/c21-12-1-4-14(5-2-12)24-20(28)26-9-7-25(8-10-26)19(27)18-17(23)15-6-3-13(22)11-16(15)29-18/h1-6,11H,7-10H2,(H,24,28). The number of carbonyl (C=O) groups is 1. The summed E-state index contributed by atoms with van der Waals surface area (Å²) in [6.07, 6.45) is 0. The number of amides is 1. The predicted octanol–water partition coefficient (Wildman–Crippen LogP) is 6.13. The average Bonchev–Trinajstić information content (AvgIpc) is 3.05. The van der Waals surface area contributed by atoms with Gasteiger partial charge in [-0.05, 0) is 48.6 Å². The van der Waals surface area contributed by atoms with E-state index < -0.39 is 0 Å². The summed E-state index contributed by atoms with van der Waals surface area (Å²) in [7, 11) is 0. The van der Waals surface area contributed by atoms with E-state index in [1.54, 1.807) is 6.07 Å².